The Kier molecular flexibility index (Phi) is 5.30. The molecule has 0 saturated heterocycles. The minimum absolute atomic E-state index is 0.00532. The average Bonchev–Trinajstić information content (AvgIpc) is 3.10. The van der Waals surface area contributed by atoms with Crippen molar-refractivity contribution in [2.24, 2.45) is 0 Å². The Morgan fingerprint density at radius 2 is 1.39 bits per heavy atom. The van der Waals surface area contributed by atoms with Gasteiger partial charge in [-0.1, -0.05) is 52.8 Å². The van der Waals surface area contributed by atoms with Crippen molar-refractivity contribution in [3.63, 3.8) is 0 Å². The molecule has 1 heterocycles. The van der Waals surface area contributed by atoms with Crippen LogP contribution in [0.4, 0.5) is 0 Å². The molecule has 0 aliphatic heterocycles. The molecule has 0 amide bonds. The zero-order valence-electron chi connectivity index (χ0n) is 17.1. The van der Waals surface area contributed by atoms with Gasteiger partial charge in [0.1, 0.15) is 0 Å². The maximum atomic E-state index is 11.1. The third-order valence-electron chi connectivity index (χ3n) is 4.65. The Labute approximate surface area is 168 Å². The number of nitrogens with zero attached hydrogens (tertiary/aromatic N) is 2. The molecule has 0 aliphatic carbocycles. The van der Waals surface area contributed by atoms with Crippen molar-refractivity contribution in [2.75, 3.05) is 0 Å². The molecule has 0 saturated carbocycles. The van der Waals surface area contributed by atoms with E-state index in [2.05, 4.69) is 69.9 Å². The molecule has 2 aromatic carbocycles. The molecule has 1 N–H and O–H groups in total. The van der Waals surface area contributed by atoms with Gasteiger partial charge in [-0.3, -0.25) is 0 Å². The molecule has 6 heteroatoms. The van der Waals surface area contributed by atoms with E-state index in [-0.39, 0.29) is 10.8 Å². The molecule has 0 radical (unpaired) electrons. The Bertz CT molecular complexity index is 977. The van der Waals surface area contributed by atoms with Crippen LogP contribution in [0.1, 0.15) is 52.7 Å². The fourth-order valence-corrected chi connectivity index (χ4v) is 3.16. The normalized spacial score (nSPS) is 13.5. The second kappa shape index (κ2) is 7.26. The van der Waals surface area contributed by atoms with E-state index in [4.69, 9.17) is 9.08 Å². The Morgan fingerprint density at radius 3 is 1.86 bits per heavy atom. The van der Waals surface area contributed by atoms with Crippen molar-refractivity contribution < 1.29 is 13.3 Å². The lowest BCUT2D eigenvalue weighted by atomic mass is 9.79. The fourth-order valence-electron chi connectivity index (χ4n) is 2.80. The summed E-state index contributed by atoms with van der Waals surface area (Å²) < 4.78 is 25.8. The predicted molar refractivity (Wildman–Crippen MR) is 112 cm³/mol. The smallest absolute Gasteiger partial charge is 0.258 e. The van der Waals surface area contributed by atoms with Gasteiger partial charge in [-0.25, -0.2) is 4.21 Å². The summed E-state index contributed by atoms with van der Waals surface area (Å²) in [5, 5.41) is 4.10. The molecule has 0 aliphatic rings. The van der Waals surface area contributed by atoms with Crippen molar-refractivity contribution >= 4 is 11.1 Å². The van der Waals surface area contributed by atoms with Gasteiger partial charge in [0.25, 0.3) is 5.89 Å². The third-order valence-corrected chi connectivity index (χ3v) is 5.33. The first kappa shape index (κ1) is 20.4. The van der Waals surface area contributed by atoms with Gasteiger partial charge in [-0.05, 0) is 58.4 Å². The van der Waals surface area contributed by atoms with Gasteiger partial charge in [0.2, 0.25) is 5.82 Å². The van der Waals surface area contributed by atoms with Gasteiger partial charge < -0.3 is 9.08 Å². The van der Waals surface area contributed by atoms with Crippen LogP contribution in [0.25, 0.3) is 22.8 Å². The lowest BCUT2D eigenvalue weighted by molar-refractivity contribution is 0.432. The van der Waals surface area contributed by atoms with Crippen LogP contribution in [0.2, 0.25) is 0 Å². The van der Waals surface area contributed by atoms with Gasteiger partial charge in [-0.2, -0.15) is 4.98 Å². The van der Waals surface area contributed by atoms with Crippen molar-refractivity contribution in [1.29, 1.82) is 0 Å². The summed E-state index contributed by atoms with van der Waals surface area (Å²) in [6.45, 7) is 13.1. The molecule has 3 rings (SSSR count). The zero-order valence-corrected chi connectivity index (χ0v) is 17.9. The first-order chi connectivity index (χ1) is 12.9. The molecular formula is C22H26N2O3S. The van der Waals surface area contributed by atoms with Gasteiger partial charge >= 0.3 is 0 Å². The maximum absolute atomic E-state index is 11.1. The van der Waals surface area contributed by atoms with E-state index in [1.165, 1.54) is 11.1 Å². The molecule has 0 spiro atoms. The van der Waals surface area contributed by atoms with Crippen LogP contribution < -0.4 is 0 Å². The Morgan fingerprint density at radius 1 is 0.857 bits per heavy atom. The summed E-state index contributed by atoms with van der Waals surface area (Å²) in [4.78, 5) is 4.89. The zero-order chi connectivity index (χ0) is 20.7. The Balaban J connectivity index is 2.03. The number of aromatic nitrogens is 2. The van der Waals surface area contributed by atoms with E-state index in [0.717, 1.165) is 11.1 Å². The SMILES string of the molecule is CC(C)(C)c1cc(-c2nc(-c3ccc(S(=O)O)cc3)no2)cc(C(C)(C)C)c1. The minimum atomic E-state index is -2.00. The number of hydrogen-bond acceptors (Lipinski definition) is 4. The molecule has 148 valence electrons. The molecule has 1 aromatic heterocycles. The van der Waals surface area contributed by atoms with Crippen molar-refractivity contribution in [3.05, 3.63) is 53.6 Å². The summed E-state index contributed by atoms with van der Waals surface area (Å²) in [5.41, 5.74) is 4.04. The third kappa shape index (κ3) is 4.39. The van der Waals surface area contributed by atoms with E-state index < -0.39 is 11.1 Å². The van der Waals surface area contributed by atoms with Crippen LogP contribution in [-0.2, 0) is 21.9 Å². The fraction of sp³-hybridized carbons (Fsp3) is 0.364. The van der Waals surface area contributed by atoms with Crippen molar-refractivity contribution in [2.45, 2.75) is 57.3 Å². The molecule has 3 aromatic rings. The number of benzene rings is 2. The van der Waals surface area contributed by atoms with Gasteiger partial charge in [0.15, 0.2) is 11.1 Å². The van der Waals surface area contributed by atoms with E-state index in [9.17, 15) is 4.21 Å². The summed E-state index contributed by atoms with van der Waals surface area (Å²) >= 11 is -2.00. The quantitative estimate of drug-likeness (QED) is 0.583. The highest BCUT2D eigenvalue weighted by Gasteiger charge is 2.22. The molecule has 0 fully saturated rings. The van der Waals surface area contributed by atoms with E-state index in [0.29, 0.717) is 16.6 Å². The predicted octanol–water partition coefficient (Wildman–Crippen LogP) is 5.58. The lowest BCUT2D eigenvalue weighted by Crippen LogP contribution is -2.16. The summed E-state index contributed by atoms with van der Waals surface area (Å²) in [6.07, 6.45) is 0. The largest absolute Gasteiger partial charge is 0.334 e. The lowest BCUT2D eigenvalue weighted by Gasteiger charge is -2.25. The van der Waals surface area contributed by atoms with E-state index >= 15 is 0 Å². The van der Waals surface area contributed by atoms with Crippen LogP contribution in [-0.4, -0.2) is 18.9 Å². The van der Waals surface area contributed by atoms with Gasteiger partial charge in [0.05, 0.1) is 4.90 Å². The van der Waals surface area contributed by atoms with Crippen LogP contribution in [0.5, 0.6) is 0 Å². The molecular weight excluding hydrogens is 372 g/mol. The summed E-state index contributed by atoms with van der Waals surface area (Å²) in [6, 6.07) is 13.0. The number of rotatable bonds is 3. The highest BCUT2D eigenvalue weighted by molar-refractivity contribution is 7.79. The monoisotopic (exact) mass is 398 g/mol. The van der Waals surface area contributed by atoms with Crippen LogP contribution in [0.3, 0.4) is 0 Å². The van der Waals surface area contributed by atoms with Crippen molar-refractivity contribution in [3.8, 4) is 22.8 Å². The molecule has 5 nitrogen and oxygen atoms in total. The second-order valence-electron chi connectivity index (χ2n) is 9.00. The molecule has 1 atom stereocenters. The Hall–Kier alpha value is -2.31. The summed E-state index contributed by atoms with van der Waals surface area (Å²) in [7, 11) is 0. The standard InChI is InChI=1S/C22H26N2O3S/c1-21(2,3)16-11-15(12-17(13-16)22(4,5)6)20-23-19(24-27-20)14-7-9-18(10-8-14)28(25)26/h7-13H,1-6H3,(H,25,26). The maximum Gasteiger partial charge on any atom is 0.258 e. The highest BCUT2D eigenvalue weighted by atomic mass is 32.2. The average molecular weight is 399 g/mol. The molecule has 0 bridgehead atoms. The van der Waals surface area contributed by atoms with Crippen LogP contribution in [0.15, 0.2) is 51.9 Å². The first-order valence-electron chi connectivity index (χ1n) is 9.16. The first-order valence-corrected chi connectivity index (χ1v) is 10.3. The highest BCUT2D eigenvalue weighted by Crippen LogP contribution is 2.34. The number of hydrogen-bond donors (Lipinski definition) is 1. The van der Waals surface area contributed by atoms with Crippen LogP contribution >= 0.6 is 0 Å². The van der Waals surface area contributed by atoms with Crippen LogP contribution in [0, 0.1) is 0 Å². The summed E-state index contributed by atoms with van der Waals surface area (Å²) in [5.74, 6) is 0.908. The molecule has 1 unspecified atom stereocenters. The van der Waals surface area contributed by atoms with Crippen molar-refractivity contribution in [1.82, 2.24) is 10.1 Å². The second-order valence-corrected chi connectivity index (χ2v) is 9.97. The topological polar surface area (TPSA) is 76.2 Å². The molecule has 28 heavy (non-hydrogen) atoms. The van der Waals surface area contributed by atoms with E-state index in [1.54, 1.807) is 24.3 Å². The van der Waals surface area contributed by atoms with E-state index in [1.807, 2.05) is 0 Å². The minimum Gasteiger partial charge on any atom is -0.334 e. The van der Waals surface area contributed by atoms with Gasteiger partial charge in [-0.15, -0.1) is 0 Å². The van der Waals surface area contributed by atoms with Gasteiger partial charge in [0, 0.05) is 11.1 Å².